The van der Waals surface area contributed by atoms with E-state index in [4.69, 9.17) is 0 Å². The monoisotopic (exact) mass is 306 g/mol. The fourth-order valence-corrected chi connectivity index (χ4v) is 3.09. The Morgan fingerprint density at radius 1 is 1.05 bits per heavy atom. The first kappa shape index (κ1) is 16.2. The van der Waals surface area contributed by atoms with E-state index in [2.05, 4.69) is 52.7 Å². The molecule has 3 nitrogen and oxygen atoms in total. The number of nitrogens with zero attached hydrogens (tertiary/aromatic N) is 1. The molecule has 0 saturated carbocycles. The van der Waals surface area contributed by atoms with E-state index in [9.17, 15) is 5.11 Å². The third kappa shape index (κ3) is 3.74. The van der Waals surface area contributed by atoms with E-state index >= 15 is 0 Å². The van der Waals surface area contributed by atoms with Crippen LogP contribution in [0.4, 0.5) is 0 Å². The van der Waals surface area contributed by atoms with Crippen molar-refractivity contribution in [3.05, 3.63) is 48.0 Å². The van der Waals surface area contributed by atoms with Gasteiger partial charge in [-0.2, -0.15) is 0 Å². The molecule has 0 bridgehead atoms. The molecule has 0 unspecified atom stereocenters. The number of hydrogen-bond acceptors (Lipinski definition) is 3. The minimum absolute atomic E-state index is 0. The molecule has 4 heteroatoms. The predicted molar refractivity (Wildman–Crippen MR) is 90.1 cm³/mol. The molecule has 21 heavy (non-hydrogen) atoms. The highest BCUT2D eigenvalue weighted by Crippen LogP contribution is 2.27. The van der Waals surface area contributed by atoms with Crippen LogP contribution in [0, 0.1) is 0 Å². The van der Waals surface area contributed by atoms with Crippen molar-refractivity contribution in [1.29, 1.82) is 0 Å². The molecule has 0 spiro atoms. The van der Waals surface area contributed by atoms with Crippen molar-refractivity contribution in [3.63, 3.8) is 0 Å². The van der Waals surface area contributed by atoms with Gasteiger partial charge in [-0.25, -0.2) is 0 Å². The van der Waals surface area contributed by atoms with E-state index in [-0.39, 0.29) is 19.0 Å². The van der Waals surface area contributed by atoms with Crippen LogP contribution in [0.25, 0.3) is 10.8 Å². The Morgan fingerprint density at radius 2 is 1.76 bits per heavy atom. The molecule has 1 heterocycles. The molecular weight excluding hydrogens is 284 g/mol. The fourth-order valence-electron chi connectivity index (χ4n) is 3.09. The summed E-state index contributed by atoms with van der Waals surface area (Å²) in [5, 5.41) is 15.3. The lowest BCUT2D eigenvalue weighted by Gasteiger charge is -2.35. The standard InChI is InChI=1S/C17H22N2O.ClH/c20-12-7-17(19-10-8-18-9-11-19)16-6-5-14-3-1-2-4-15(14)13-16;/h1-6,13,17-18,20H,7-12H2;1H/t17-;/m0./s1. The quantitative estimate of drug-likeness (QED) is 0.911. The van der Waals surface area contributed by atoms with Gasteiger partial charge in [-0.15, -0.1) is 12.4 Å². The lowest BCUT2D eigenvalue weighted by atomic mass is 9.98. The van der Waals surface area contributed by atoms with Gasteiger partial charge in [0.1, 0.15) is 0 Å². The van der Waals surface area contributed by atoms with Gasteiger partial charge in [-0.3, -0.25) is 4.90 Å². The Bertz CT molecular complexity index is 569. The largest absolute Gasteiger partial charge is 0.396 e. The molecule has 1 saturated heterocycles. The molecule has 114 valence electrons. The van der Waals surface area contributed by atoms with E-state index in [0.29, 0.717) is 6.04 Å². The summed E-state index contributed by atoms with van der Waals surface area (Å²) < 4.78 is 0. The molecule has 1 aliphatic heterocycles. The number of nitrogens with one attached hydrogen (secondary N) is 1. The number of benzene rings is 2. The van der Waals surface area contributed by atoms with Crippen molar-refractivity contribution >= 4 is 23.2 Å². The number of aliphatic hydroxyl groups excluding tert-OH is 1. The Labute approximate surface area is 132 Å². The van der Waals surface area contributed by atoms with Gasteiger partial charge in [-0.1, -0.05) is 36.4 Å². The molecular formula is C17H23ClN2O. The van der Waals surface area contributed by atoms with Crippen molar-refractivity contribution in [2.75, 3.05) is 32.8 Å². The highest BCUT2D eigenvalue weighted by Gasteiger charge is 2.21. The SMILES string of the molecule is Cl.OCC[C@@H](c1ccc2ccccc2c1)N1CCNCC1. The first-order valence-corrected chi connectivity index (χ1v) is 7.43. The van der Waals surface area contributed by atoms with Gasteiger partial charge in [0, 0.05) is 38.8 Å². The Morgan fingerprint density at radius 3 is 2.48 bits per heavy atom. The van der Waals surface area contributed by atoms with Crippen LogP contribution in [0.3, 0.4) is 0 Å². The van der Waals surface area contributed by atoms with Crippen molar-refractivity contribution < 1.29 is 5.11 Å². The maximum Gasteiger partial charge on any atom is 0.0449 e. The van der Waals surface area contributed by atoms with E-state index in [0.717, 1.165) is 32.6 Å². The van der Waals surface area contributed by atoms with Gasteiger partial charge >= 0.3 is 0 Å². The number of halogens is 1. The first-order chi connectivity index (χ1) is 9.88. The number of fused-ring (bicyclic) bond motifs is 1. The Balaban J connectivity index is 0.00000161. The zero-order chi connectivity index (χ0) is 13.8. The third-order valence-electron chi connectivity index (χ3n) is 4.15. The molecule has 0 amide bonds. The summed E-state index contributed by atoms with van der Waals surface area (Å²) in [6.07, 6.45) is 0.804. The second-order valence-corrected chi connectivity index (χ2v) is 5.42. The van der Waals surface area contributed by atoms with Crippen molar-refractivity contribution in [3.8, 4) is 0 Å². The summed E-state index contributed by atoms with van der Waals surface area (Å²) in [7, 11) is 0. The normalized spacial score (nSPS) is 17.4. The van der Waals surface area contributed by atoms with Crippen LogP contribution in [0.15, 0.2) is 42.5 Å². The second-order valence-electron chi connectivity index (χ2n) is 5.42. The van der Waals surface area contributed by atoms with Crippen molar-refractivity contribution in [2.45, 2.75) is 12.5 Å². The molecule has 1 aliphatic rings. The minimum Gasteiger partial charge on any atom is -0.396 e. The zero-order valence-corrected chi connectivity index (χ0v) is 13.0. The lowest BCUT2D eigenvalue weighted by Crippen LogP contribution is -2.45. The molecule has 2 aromatic rings. The average Bonchev–Trinajstić information content (AvgIpc) is 2.53. The van der Waals surface area contributed by atoms with E-state index < -0.39 is 0 Å². The highest BCUT2D eigenvalue weighted by atomic mass is 35.5. The maximum absolute atomic E-state index is 9.40. The van der Waals surface area contributed by atoms with Crippen molar-refractivity contribution in [1.82, 2.24) is 10.2 Å². The van der Waals surface area contributed by atoms with Gasteiger partial charge in [0.2, 0.25) is 0 Å². The number of rotatable bonds is 4. The van der Waals surface area contributed by atoms with Gasteiger partial charge in [-0.05, 0) is 28.8 Å². The van der Waals surface area contributed by atoms with Gasteiger partial charge in [0.15, 0.2) is 0 Å². The molecule has 2 aromatic carbocycles. The van der Waals surface area contributed by atoms with Gasteiger partial charge in [0.05, 0.1) is 0 Å². The molecule has 0 radical (unpaired) electrons. The summed E-state index contributed by atoms with van der Waals surface area (Å²) in [4.78, 5) is 2.48. The lowest BCUT2D eigenvalue weighted by molar-refractivity contribution is 0.141. The molecule has 3 rings (SSSR count). The summed E-state index contributed by atoms with van der Waals surface area (Å²) in [6, 6.07) is 15.5. The molecule has 0 aliphatic carbocycles. The predicted octanol–water partition coefficient (Wildman–Crippen LogP) is 2.59. The number of piperazine rings is 1. The van der Waals surface area contributed by atoms with Crippen LogP contribution in [0.5, 0.6) is 0 Å². The van der Waals surface area contributed by atoms with Crippen LogP contribution in [-0.4, -0.2) is 42.8 Å². The first-order valence-electron chi connectivity index (χ1n) is 7.43. The van der Waals surface area contributed by atoms with Gasteiger partial charge < -0.3 is 10.4 Å². The highest BCUT2D eigenvalue weighted by molar-refractivity contribution is 5.85. The molecule has 1 fully saturated rings. The molecule has 2 N–H and O–H groups in total. The minimum atomic E-state index is 0. The molecule has 1 atom stereocenters. The topological polar surface area (TPSA) is 35.5 Å². The Hall–Kier alpha value is -1.13. The smallest absolute Gasteiger partial charge is 0.0449 e. The fraction of sp³-hybridized carbons (Fsp3) is 0.412. The van der Waals surface area contributed by atoms with Crippen LogP contribution in [0.2, 0.25) is 0 Å². The van der Waals surface area contributed by atoms with Crippen LogP contribution < -0.4 is 5.32 Å². The van der Waals surface area contributed by atoms with Crippen LogP contribution in [-0.2, 0) is 0 Å². The summed E-state index contributed by atoms with van der Waals surface area (Å²) >= 11 is 0. The Kier molecular flexibility index (Phi) is 6.00. The second kappa shape index (κ2) is 7.76. The van der Waals surface area contributed by atoms with Crippen molar-refractivity contribution in [2.24, 2.45) is 0 Å². The zero-order valence-electron chi connectivity index (χ0n) is 12.2. The third-order valence-corrected chi connectivity index (χ3v) is 4.15. The van der Waals surface area contributed by atoms with E-state index in [1.165, 1.54) is 16.3 Å². The summed E-state index contributed by atoms with van der Waals surface area (Å²) in [6.45, 7) is 4.42. The van der Waals surface area contributed by atoms with Gasteiger partial charge in [0.25, 0.3) is 0 Å². The summed E-state index contributed by atoms with van der Waals surface area (Å²) in [5.74, 6) is 0. The number of aliphatic hydroxyl groups is 1. The number of hydrogen-bond donors (Lipinski definition) is 2. The maximum atomic E-state index is 9.40. The van der Waals surface area contributed by atoms with E-state index in [1.807, 2.05) is 0 Å². The van der Waals surface area contributed by atoms with E-state index in [1.54, 1.807) is 0 Å². The summed E-state index contributed by atoms with van der Waals surface area (Å²) in [5.41, 5.74) is 1.32. The van der Waals surface area contributed by atoms with Crippen LogP contribution in [0.1, 0.15) is 18.0 Å². The average molecular weight is 307 g/mol. The molecule has 0 aromatic heterocycles. The van der Waals surface area contributed by atoms with Crippen LogP contribution >= 0.6 is 12.4 Å².